The van der Waals surface area contributed by atoms with E-state index in [2.05, 4.69) is 20.8 Å². The van der Waals surface area contributed by atoms with Crippen LogP contribution >= 0.6 is 39.7 Å². The Hall–Kier alpha value is -0.170. The number of rotatable bonds is 3. The Morgan fingerprint density at radius 1 is 1.14 bits per heavy atom. The van der Waals surface area contributed by atoms with E-state index in [9.17, 15) is 10.1 Å². The zero-order valence-electron chi connectivity index (χ0n) is 12.6. The largest absolute Gasteiger partial charge is 0.294 e. The molecule has 1 saturated carbocycles. The summed E-state index contributed by atoms with van der Waals surface area (Å²) >= 11 is 4.97. The Bertz CT molecular complexity index is 526. The fourth-order valence-corrected chi connectivity index (χ4v) is 5.80. The van der Waals surface area contributed by atoms with E-state index in [1.807, 2.05) is 6.07 Å². The molecule has 2 fully saturated rings. The first-order chi connectivity index (χ1) is 10.1. The summed E-state index contributed by atoms with van der Waals surface area (Å²) in [6.45, 7) is 2.28. The molecule has 1 saturated heterocycles. The third kappa shape index (κ3) is 3.35. The van der Waals surface area contributed by atoms with Crippen molar-refractivity contribution in [1.29, 1.82) is 0 Å². The number of nitro groups is 1. The van der Waals surface area contributed by atoms with Crippen LogP contribution in [-0.2, 0) is 5.54 Å². The Kier molecular flexibility index (Phi) is 6.28. The summed E-state index contributed by atoms with van der Waals surface area (Å²) in [7, 11) is 0. The number of hydrogen-bond donors (Lipinski definition) is 0. The van der Waals surface area contributed by atoms with Gasteiger partial charge in [0.15, 0.2) is 0 Å². The summed E-state index contributed by atoms with van der Waals surface area (Å²) < 4.78 is 0.671. The van der Waals surface area contributed by atoms with Crippen molar-refractivity contribution in [3.63, 3.8) is 0 Å². The summed E-state index contributed by atoms with van der Waals surface area (Å²) in [5.74, 6) is 0. The maximum atomic E-state index is 11.2. The summed E-state index contributed by atoms with van der Waals surface area (Å²) in [5, 5.41) is 11.2. The first-order valence-corrected chi connectivity index (χ1v) is 9.44. The standard InChI is InChI=1S/C15H21BrN2O2S.ClH/c16-14-12(18(19)20)11-13(21-14)15(7-3-1-4-8-15)17-9-5-2-6-10-17;/h11H,1-10H2;1H. The minimum Gasteiger partial charge on any atom is -0.293 e. The van der Waals surface area contributed by atoms with Crippen LogP contribution in [0, 0.1) is 10.1 Å². The lowest BCUT2D eigenvalue weighted by Gasteiger charge is -2.47. The molecule has 124 valence electrons. The van der Waals surface area contributed by atoms with E-state index in [-0.39, 0.29) is 28.6 Å². The van der Waals surface area contributed by atoms with Crippen molar-refractivity contribution in [1.82, 2.24) is 4.90 Å². The molecule has 2 aliphatic rings. The molecule has 1 aliphatic heterocycles. The summed E-state index contributed by atoms with van der Waals surface area (Å²) in [5.41, 5.74) is 0.289. The molecule has 0 unspecified atom stereocenters. The van der Waals surface area contributed by atoms with Gasteiger partial charge in [0.05, 0.1) is 10.5 Å². The monoisotopic (exact) mass is 408 g/mol. The van der Waals surface area contributed by atoms with Crippen LogP contribution in [0.4, 0.5) is 5.69 Å². The van der Waals surface area contributed by atoms with Gasteiger partial charge in [-0.15, -0.1) is 23.7 Å². The molecule has 0 spiro atoms. The quantitative estimate of drug-likeness (QED) is 0.490. The van der Waals surface area contributed by atoms with E-state index in [0.29, 0.717) is 3.79 Å². The average Bonchev–Trinajstić information content (AvgIpc) is 2.91. The van der Waals surface area contributed by atoms with Gasteiger partial charge in [0.1, 0.15) is 3.79 Å². The first-order valence-electron chi connectivity index (χ1n) is 7.83. The summed E-state index contributed by atoms with van der Waals surface area (Å²) in [4.78, 5) is 14.7. The maximum absolute atomic E-state index is 11.2. The smallest absolute Gasteiger partial charge is 0.293 e. The normalized spacial score (nSPS) is 22.0. The second kappa shape index (κ2) is 7.60. The van der Waals surface area contributed by atoms with E-state index in [0.717, 1.165) is 25.9 Å². The molecule has 1 aromatic heterocycles. The molecule has 0 amide bonds. The van der Waals surface area contributed by atoms with Gasteiger partial charge in [0, 0.05) is 10.9 Å². The average molecular weight is 410 g/mol. The molecule has 2 heterocycles. The highest BCUT2D eigenvalue weighted by Crippen LogP contribution is 2.49. The van der Waals surface area contributed by atoms with E-state index in [1.54, 1.807) is 11.3 Å². The van der Waals surface area contributed by atoms with Crippen LogP contribution in [0.1, 0.15) is 56.2 Å². The topological polar surface area (TPSA) is 46.4 Å². The van der Waals surface area contributed by atoms with Gasteiger partial charge in [-0.25, -0.2) is 0 Å². The van der Waals surface area contributed by atoms with Crippen molar-refractivity contribution in [2.45, 2.75) is 56.9 Å². The molecule has 3 rings (SSSR count). The minimum absolute atomic E-state index is 0. The van der Waals surface area contributed by atoms with Crippen LogP contribution in [0.15, 0.2) is 9.85 Å². The van der Waals surface area contributed by atoms with Crippen LogP contribution < -0.4 is 0 Å². The van der Waals surface area contributed by atoms with Crippen LogP contribution in [0.5, 0.6) is 0 Å². The number of hydrogen-bond acceptors (Lipinski definition) is 4. The lowest BCUT2D eigenvalue weighted by atomic mass is 9.78. The lowest BCUT2D eigenvalue weighted by Crippen LogP contribution is -2.49. The van der Waals surface area contributed by atoms with Gasteiger partial charge in [-0.05, 0) is 54.7 Å². The van der Waals surface area contributed by atoms with Crippen LogP contribution in [0.3, 0.4) is 0 Å². The lowest BCUT2D eigenvalue weighted by molar-refractivity contribution is -0.385. The Morgan fingerprint density at radius 3 is 2.27 bits per heavy atom. The van der Waals surface area contributed by atoms with Gasteiger partial charge in [-0.2, -0.15) is 0 Å². The Morgan fingerprint density at radius 2 is 1.73 bits per heavy atom. The molecule has 4 nitrogen and oxygen atoms in total. The predicted octanol–water partition coefficient (Wildman–Crippen LogP) is 5.49. The van der Waals surface area contributed by atoms with Gasteiger partial charge in [0.2, 0.25) is 0 Å². The van der Waals surface area contributed by atoms with Gasteiger partial charge in [0.25, 0.3) is 5.69 Å². The van der Waals surface area contributed by atoms with Crippen molar-refractivity contribution in [2.24, 2.45) is 0 Å². The highest BCUT2D eigenvalue weighted by atomic mass is 79.9. The predicted molar refractivity (Wildman–Crippen MR) is 96.1 cm³/mol. The van der Waals surface area contributed by atoms with Crippen LogP contribution in [0.2, 0.25) is 0 Å². The van der Waals surface area contributed by atoms with Crippen molar-refractivity contribution >= 4 is 45.4 Å². The zero-order chi connectivity index (χ0) is 14.9. The first kappa shape index (κ1) is 18.2. The number of thiophene rings is 1. The number of likely N-dealkylation sites (tertiary alicyclic amines) is 1. The van der Waals surface area contributed by atoms with Gasteiger partial charge < -0.3 is 0 Å². The molecule has 7 heteroatoms. The summed E-state index contributed by atoms with van der Waals surface area (Å²) in [6, 6.07) is 1.83. The fourth-order valence-electron chi connectivity index (χ4n) is 3.89. The third-order valence-electron chi connectivity index (χ3n) is 4.97. The van der Waals surface area contributed by atoms with Crippen LogP contribution in [-0.4, -0.2) is 22.9 Å². The molecule has 0 radical (unpaired) electrons. The number of halogens is 2. The van der Waals surface area contributed by atoms with Gasteiger partial charge in [-0.1, -0.05) is 25.7 Å². The molecule has 22 heavy (non-hydrogen) atoms. The molecule has 1 aromatic rings. The third-order valence-corrected chi connectivity index (χ3v) is 6.96. The van der Waals surface area contributed by atoms with Gasteiger partial charge >= 0.3 is 0 Å². The second-order valence-corrected chi connectivity index (χ2v) is 8.54. The fraction of sp³-hybridized carbons (Fsp3) is 0.733. The highest BCUT2D eigenvalue weighted by molar-refractivity contribution is 9.11. The number of piperidine rings is 1. The molecule has 0 aromatic carbocycles. The van der Waals surface area contributed by atoms with E-state index in [1.165, 1.54) is 43.4 Å². The van der Waals surface area contributed by atoms with Crippen LogP contribution in [0.25, 0.3) is 0 Å². The molecule has 1 aliphatic carbocycles. The summed E-state index contributed by atoms with van der Waals surface area (Å²) in [6.07, 6.45) is 9.91. The highest BCUT2D eigenvalue weighted by Gasteiger charge is 2.42. The van der Waals surface area contributed by atoms with Crippen molar-refractivity contribution in [3.05, 3.63) is 24.8 Å². The van der Waals surface area contributed by atoms with Gasteiger partial charge in [-0.3, -0.25) is 15.0 Å². The van der Waals surface area contributed by atoms with Crippen molar-refractivity contribution in [2.75, 3.05) is 13.1 Å². The van der Waals surface area contributed by atoms with Crippen molar-refractivity contribution < 1.29 is 4.92 Å². The Labute approximate surface area is 150 Å². The molecular weight excluding hydrogens is 388 g/mol. The molecular formula is C15H22BrClN2O2S. The van der Waals surface area contributed by atoms with E-state index < -0.39 is 0 Å². The molecule has 0 N–H and O–H groups in total. The van der Waals surface area contributed by atoms with E-state index in [4.69, 9.17) is 0 Å². The maximum Gasteiger partial charge on any atom is 0.294 e. The molecule has 0 atom stereocenters. The Balaban J connectivity index is 0.00000176. The zero-order valence-corrected chi connectivity index (χ0v) is 15.8. The van der Waals surface area contributed by atoms with E-state index >= 15 is 0 Å². The second-order valence-electron chi connectivity index (χ2n) is 6.17. The SMILES string of the molecule is Cl.O=[N+]([O-])c1cc(C2(N3CCCCC3)CCCCC2)sc1Br. The molecule has 0 bridgehead atoms. The minimum atomic E-state index is -0.267. The van der Waals surface area contributed by atoms with Crippen molar-refractivity contribution in [3.8, 4) is 0 Å². The number of nitrogens with zero attached hydrogens (tertiary/aromatic N) is 2.